The van der Waals surface area contributed by atoms with E-state index < -0.39 is 15.3 Å². The molecule has 0 bridgehead atoms. The van der Waals surface area contributed by atoms with Gasteiger partial charge in [0.15, 0.2) is 9.84 Å². The molecule has 6 heteroatoms. The Morgan fingerprint density at radius 1 is 1.35 bits per heavy atom. The number of nitrogens with one attached hydrogen (secondary N) is 2. The molecule has 1 aromatic carbocycles. The number of piperidine rings is 1. The van der Waals surface area contributed by atoms with Crippen LogP contribution in [-0.2, 0) is 14.6 Å². The molecule has 1 saturated heterocycles. The van der Waals surface area contributed by atoms with Gasteiger partial charge in [-0.3, -0.25) is 4.79 Å². The van der Waals surface area contributed by atoms with Crippen molar-refractivity contribution in [1.29, 1.82) is 0 Å². The Morgan fingerprint density at radius 2 is 2.05 bits per heavy atom. The summed E-state index contributed by atoms with van der Waals surface area (Å²) in [7, 11) is -3.36. The molecule has 1 unspecified atom stereocenters. The molecule has 1 amide bonds. The highest BCUT2D eigenvalue weighted by Gasteiger charge is 2.35. The summed E-state index contributed by atoms with van der Waals surface area (Å²) in [6.45, 7) is 3.43. The number of carbonyl (C=O) groups is 1. The number of rotatable bonds is 3. The normalized spacial score (nSPS) is 23.3. The quantitative estimate of drug-likeness (QED) is 0.884. The maximum Gasteiger partial charge on any atom is 0.231 e. The summed E-state index contributed by atoms with van der Waals surface area (Å²) in [6, 6.07) is 6.49. The molecular formula is C14H20N2O3S. The molecule has 0 spiro atoms. The Hall–Kier alpha value is -1.40. The van der Waals surface area contributed by atoms with Gasteiger partial charge in [0, 0.05) is 12.8 Å². The third-order valence-electron chi connectivity index (χ3n) is 3.68. The zero-order valence-corrected chi connectivity index (χ0v) is 12.6. The van der Waals surface area contributed by atoms with Gasteiger partial charge in [0.25, 0.3) is 0 Å². The van der Waals surface area contributed by atoms with E-state index in [1.165, 1.54) is 6.07 Å². The third-order valence-corrected chi connectivity index (χ3v) is 4.84. The van der Waals surface area contributed by atoms with Crippen LogP contribution in [0.4, 0.5) is 5.69 Å². The lowest BCUT2D eigenvalue weighted by molar-refractivity contribution is -0.125. The number of anilines is 1. The van der Waals surface area contributed by atoms with Crippen molar-refractivity contribution >= 4 is 21.4 Å². The highest BCUT2D eigenvalue weighted by Crippen LogP contribution is 2.29. The molecule has 0 saturated carbocycles. The molecule has 1 heterocycles. The number of amides is 1. The number of sulfone groups is 1. The molecular weight excluding hydrogens is 276 g/mol. The topological polar surface area (TPSA) is 75.3 Å². The average Bonchev–Trinajstić information content (AvgIpc) is 2.39. The Bertz CT molecular complexity index is 605. The Morgan fingerprint density at radius 3 is 2.65 bits per heavy atom. The number of hydrogen-bond donors (Lipinski definition) is 2. The van der Waals surface area contributed by atoms with Crippen LogP contribution in [0.5, 0.6) is 0 Å². The molecule has 5 nitrogen and oxygen atoms in total. The lowest BCUT2D eigenvalue weighted by Gasteiger charge is -2.32. The third kappa shape index (κ3) is 3.19. The van der Waals surface area contributed by atoms with E-state index in [2.05, 4.69) is 10.6 Å². The van der Waals surface area contributed by atoms with Gasteiger partial charge in [-0.15, -0.1) is 0 Å². The van der Waals surface area contributed by atoms with Crippen LogP contribution < -0.4 is 10.6 Å². The highest BCUT2D eigenvalue weighted by molar-refractivity contribution is 7.90. The zero-order chi connectivity index (χ0) is 14.8. The summed E-state index contributed by atoms with van der Waals surface area (Å²) in [5, 5.41) is 5.98. The predicted molar refractivity (Wildman–Crippen MR) is 78.4 cm³/mol. The van der Waals surface area contributed by atoms with E-state index in [1.54, 1.807) is 18.2 Å². The van der Waals surface area contributed by atoms with Crippen LogP contribution in [0.3, 0.4) is 0 Å². The molecule has 0 aromatic heterocycles. The minimum atomic E-state index is -3.36. The van der Waals surface area contributed by atoms with E-state index in [9.17, 15) is 13.2 Å². The van der Waals surface area contributed by atoms with Crippen molar-refractivity contribution in [2.75, 3.05) is 24.7 Å². The molecule has 1 fully saturated rings. The fraction of sp³-hybridized carbons (Fsp3) is 0.500. The summed E-state index contributed by atoms with van der Waals surface area (Å²) in [6.07, 6.45) is 2.88. The van der Waals surface area contributed by atoms with Gasteiger partial charge in [-0.2, -0.15) is 0 Å². The monoisotopic (exact) mass is 296 g/mol. The van der Waals surface area contributed by atoms with Crippen LogP contribution in [0.15, 0.2) is 29.2 Å². The second kappa shape index (κ2) is 5.54. The molecule has 0 aliphatic carbocycles. The van der Waals surface area contributed by atoms with E-state index in [-0.39, 0.29) is 10.8 Å². The van der Waals surface area contributed by atoms with Gasteiger partial charge >= 0.3 is 0 Å². The minimum Gasteiger partial charge on any atom is -0.324 e. The predicted octanol–water partition coefficient (Wildman–Crippen LogP) is 1.42. The van der Waals surface area contributed by atoms with Crippen LogP contribution in [0, 0.1) is 5.41 Å². The van der Waals surface area contributed by atoms with E-state index in [0.717, 1.165) is 25.6 Å². The van der Waals surface area contributed by atoms with Crippen LogP contribution in [0.2, 0.25) is 0 Å². The summed E-state index contributed by atoms with van der Waals surface area (Å²) in [5.41, 5.74) is -0.144. The average molecular weight is 296 g/mol. The molecule has 0 radical (unpaired) electrons. The smallest absolute Gasteiger partial charge is 0.231 e. The molecule has 1 atom stereocenters. The van der Waals surface area contributed by atoms with Gasteiger partial charge in [-0.25, -0.2) is 8.42 Å². The van der Waals surface area contributed by atoms with E-state index in [1.807, 2.05) is 6.92 Å². The van der Waals surface area contributed by atoms with E-state index in [0.29, 0.717) is 12.2 Å². The number of hydrogen-bond acceptors (Lipinski definition) is 4. The van der Waals surface area contributed by atoms with E-state index in [4.69, 9.17) is 0 Å². The molecule has 1 aromatic rings. The Balaban J connectivity index is 2.24. The van der Waals surface area contributed by atoms with Gasteiger partial charge in [-0.1, -0.05) is 12.1 Å². The molecule has 2 rings (SSSR count). The van der Waals surface area contributed by atoms with Crippen molar-refractivity contribution in [3.63, 3.8) is 0 Å². The van der Waals surface area contributed by atoms with Crippen molar-refractivity contribution in [2.45, 2.75) is 24.7 Å². The maximum absolute atomic E-state index is 12.4. The van der Waals surface area contributed by atoms with Gasteiger partial charge in [-0.05, 0) is 38.4 Å². The maximum atomic E-state index is 12.4. The van der Waals surface area contributed by atoms with Crippen LogP contribution in [0.25, 0.3) is 0 Å². The molecule has 1 aliphatic heterocycles. The lowest BCUT2D eigenvalue weighted by Crippen LogP contribution is -2.46. The van der Waals surface area contributed by atoms with E-state index >= 15 is 0 Å². The van der Waals surface area contributed by atoms with Crippen LogP contribution in [-0.4, -0.2) is 33.7 Å². The lowest BCUT2D eigenvalue weighted by atomic mass is 9.82. The standard InChI is InChI=1S/C14H20N2O3S/c1-14(8-5-9-15-10-14)13(17)16-11-6-3-4-7-12(11)20(2,18)19/h3-4,6-7,15H,5,8-10H2,1-2H3,(H,16,17). The molecule has 2 N–H and O–H groups in total. The number of carbonyl (C=O) groups excluding carboxylic acids is 1. The fourth-order valence-corrected chi connectivity index (χ4v) is 3.26. The second-order valence-electron chi connectivity index (χ2n) is 5.56. The van der Waals surface area contributed by atoms with Crippen molar-refractivity contribution in [3.05, 3.63) is 24.3 Å². The van der Waals surface area contributed by atoms with Crippen LogP contribution in [0.1, 0.15) is 19.8 Å². The first kappa shape index (κ1) is 15.0. The van der Waals surface area contributed by atoms with Gasteiger partial charge in [0.2, 0.25) is 5.91 Å². The summed E-state index contributed by atoms with van der Waals surface area (Å²) in [5.74, 6) is -0.138. The van der Waals surface area contributed by atoms with Crippen molar-refractivity contribution in [1.82, 2.24) is 5.32 Å². The molecule has 110 valence electrons. The zero-order valence-electron chi connectivity index (χ0n) is 11.8. The Labute approximate surface area is 119 Å². The summed E-state index contributed by atoms with van der Waals surface area (Å²) >= 11 is 0. The fourth-order valence-electron chi connectivity index (χ4n) is 2.42. The highest BCUT2D eigenvalue weighted by atomic mass is 32.2. The molecule has 1 aliphatic rings. The molecule has 20 heavy (non-hydrogen) atoms. The SMILES string of the molecule is CC1(C(=O)Nc2ccccc2S(C)(=O)=O)CCCNC1. The first-order valence-corrected chi connectivity index (χ1v) is 8.53. The first-order chi connectivity index (χ1) is 9.33. The van der Waals surface area contributed by atoms with Gasteiger partial charge in [0.1, 0.15) is 0 Å². The summed E-state index contributed by atoms with van der Waals surface area (Å²) in [4.78, 5) is 12.6. The number of benzene rings is 1. The van der Waals surface area contributed by atoms with Crippen molar-refractivity contribution in [3.8, 4) is 0 Å². The van der Waals surface area contributed by atoms with Crippen molar-refractivity contribution < 1.29 is 13.2 Å². The summed E-state index contributed by atoms with van der Waals surface area (Å²) < 4.78 is 23.5. The van der Waals surface area contributed by atoms with Crippen molar-refractivity contribution in [2.24, 2.45) is 5.41 Å². The largest absolute Gasteiger partial charge is 0.324 e. The van der Waals surface area contributed by atoms with Gasteiger partial charge < -0.3 is 10.6 Å². The van der Waals surface area contributed by atoms with Crippen LogP contribution >= 0.6 is 0 Å². The van der Waals surface area contributed by atoms with Gasteiger partial charge in [0.05, 0.1) is 16.0 Å². The second-order valence-corrected chi connectivity index (χ2v) is 7.55. The Kier molecular flexibility index (Phi) is 4.15. The first-order valence-electron chi connectivity index (χ1n) is 6.64. The minimum absolute atomic E-state index is 0.138. The number of para-hydroxylation sites is 1.